The monoisotopic (exact) mass is 262 g/mol. The van der Waals surface area contributed by atoms with Gasteiger partial charge in [-0.1, -0.05) is 22.6 Å². The Hall–Kier alpha value is 1.43. The first-order chi connectivity index (χ1) is 3.91. The molecule has 0 atom stereocenters. The van der Waals surface area contributed by atoms with Crippen molar-refractivity contribution in [1.29, 1.82) is 0 Å². The summed E-state index contributed by atoms with van der Waals surface area (Å²) in [5.74, 6) is 2.66. The third-order valence-electron chi connectivity index (χ3n) is 0.714. The first-order valence-electron chi connectivity index (χ1n) is 2.54. The van der Waals surface area contributed by atoms with Gasteiger partial charge in [0.15, 0.2) is 0 Å². The lowest BCUT2D eigenvalue weighted by Gasteiger charge is -1.93. The minimum absolute atomic E-state index is 1.24. The van der Waals surface area contributed by atoms with Gasteiger partial charge in [-0.2, -0.15) is 23.5 Å². The van der Waals surface area contributed by atoms with E-state index in [-0.39, 0.29) is 0 Å². The molecule has 0 N–H and O–H groups in total. The van der Waals surface area contributed by atoms with Crippen LogP contribution in [0.1, 0.15) is 6.42 Å². The summed E-state index contributed by atoms with van der Waals surface area (Å²) in [6.45, 7) is 0. The Morgan fingerprint density at radius 1 is 1.38 bits per heavy atom. The molecule has 8 heavy (non-hydrogen) atoms. The fraction of sp³-hybridized carbons (Fsp3) is 1.00. The summed E-state index contributed by atoms with van der Waals surface area (Å²) >= 11 is 6.35. The maximum absolute atomic E-state index is 2.40. The zero-order valence-corrected chi connectivity index (χ0v) is 8.81. The topological polar surface area (TPSA) is 0 Å². The molecule has 0 spiro atoms. The molecule has 0 aromatic heterocycles. The number of halogens is 1. The van der Waals surface area contributed by atoms with E-state index in [1.54, 1.807) is 0 Å². The molecule has 0 aliphatic heterocycles. The molecule has 0 saturated carbocycles. The summed E-state index contributed by atoms with van der Waals surface area (Å²) in [5.41, 5.74) is 0. The third kappa shape index (κ3) is 7.43. The van der Waals surface area contributed by atoms with Crippen LogP contribution in [-0.2, 0) is 0 Å². The fourth-order valence-electron chi connectivity index (χ4n) is 0.360. The van der Waals surface area contributed by atoms with Crippen molar-refractivity contribution in [2.45, 2.75) is 6.42 Å². The van der Waals surface area contributed by atoms with Gasteiger partial charge in [-0.05, 0) is 24.2 Å². The molecule has 0 nitrogen and oxygen atoms in total. The zero-order chi connectivity index (χ0) is 6.24. The molecule has 0 fully saturated rings. The minimum atomic E-state index is 1.24. The number of thioether (sulfide) groups is 2. The fourth-order valence-corrected chi connectivity index (χ4v) is 2.37. The Balaban J connectivity index is 2.53. The van der Waals surface area contributed by atoms with Crippen LogP contribution in [0.5, 0.6) is 0 Å². The highest BCUT2D eigenvalue weighted by atomic mass is 127. The van der Waals surface area contributed by atoms with Gasteiger partial charge in [0, 0.05) is 3.76 Å². The SMILES string of the molecule is CSCCCSCI. The maximum Gasteiger partial charge on any atom is 0.0454 e. The van der Waals surface area contributed by atoms with E-state index in [0.717, 1.165) is 0 Å². The molecule has 0 rings (SSSR count). The van der Waals surface area contributed by atoms with Gasteiger partial charge < -0.3 is 0 Å². The first kappa shape index (κ1) is 9.43. The smallest absolute Gasteiger partial charge is 0.0454 e. The van der Waals surface area contributed by atoms with E-state index in [9.17, 15) is 0 Å². The summed E-state index contributed by atoms with van der Waals surface area (Å²) in [7, 11) is 0. The van der Waals surface area contributed by atoms with Crippen LogP contribution < -0.4 is 0 Å². The quantitative estimate of drug-likeness (QED) is 0.424. The molecule has 0 saturated heterocycles. The van der Waals surface area contributed by atoms with Crippen LogP contribution in [0.4, 0.5) is 0 Å². The van der Waals surface area contributed by atoms with Crippen molar-refractivity contribution in [3.63, 3.8) is 0 Å². The summed E-state index contributed by atoms with van der Waals surface area (Å²) in [5, 5.41) is 0. The van der Waals surface area contributed by atoms with Crippen molar-refractivity contribution in [3.05, 3.63) is 0 Å². The second-order valence-corrected chi connectivity index (χ2v) is 5.25. The Morgan fingerprint density at radius 3 is 2.62 bits per heavy atom. The number of hydrogen-bond acceptors (Lipinski definition) is 2. The lowest BCUT2D eigenvalue weighted by atomic mass is 10.6. The second kappa shape index (κ2) is 8.43. The highest BCUT2D eigenvalue weighted by molar-refractivity contribution is 14.1. The van der Waals surface area contributed by atoms with E-state index in [4.69, 9.17) is 0 Å². The van der Waals surface area contributed by atoms with Crippen LogP contribution in [0.25, 0.3) is 0 Å². The molecule has 0 aliphatic carbocycles. The molecule has 0 bridgehead atoms. The predicted octanol–water partition coefficient (Wildman–Crippen LogP) is 2.87. The van der Waals surface area contributed by atoms with Crippen molar-refractivity contribution >= 4 is 46.1 Å². The summed E-state index contributed by atoms with van der Waals surface area (Å²) in [6, 6.07) is 0. The average Bonchev–Trinajstić information content (AvgIpc) is 1.81. The van der Waals surface area contributed by atoms with Crippen molar-refractivity contribution in [1.82, 2.24) is 0 Å². The van der Waals surface area contributed by atoms with Gasteiger partial charge in [-0.15, -0.1) is 0 Å². The molecule has 0 amide bonds. The molecule has 0 aliphatic rings. The van der Waals surface area contributed by atoms with Crippen molar-refractivity contribution in [2.24, 2.45) is 0 Å². The van der Waals surface area contributed by atoms with Gasteiger partial charge in [0.1, 0.15) is 0 Å². The number of hydrogen-bond donors (Lipinski definition) is 0. The molecular weight excluding hydrogens is 251 g/mol. The van der Waals surface area contributed by atoms with E-state index in [2.05, 4.69) is 28.8 Å². The van der Waals surface area contributed by atoms with Crippen molar-refractivity contribution < 1.29 is 0 Å². The standard InChI is InChI=1S/C5H11IS2/c1-7-3-2-4-8-5-6/h2-5H2,1H3. The molecule has 50 valence electrons. The van der Waals surface area contributed by atoms with Gasteiger partial charge in [0.2, 0.25) is 0 Å². The Kier molecular flexibility index (Phi) is 9.94. The van der Waals surface area contributed by atoms with Crippen LogP contribution >= 0.6 is 46.1 Å². The lowest BCUT2D eigenvalue weighted by Crippen LogP contribution is -1.81. The van der Waals surface area contributed by atoms with Gasteiger partial charge in [0.25, 0.3) is 0 Å². The van der Waals surface area contributed by atoms with Gasteiger partial charge in [-0.3, -0.25) is 0 Å². The van der Waals surface area contributed by atoms with Crippen LogP contribution in [0.3, 0.4) is 0 Å². The summed E-state index contributed by atoms with van der Waals surface area (Å²) in [4.78, 5) is 0. The molecule has 0 aromatic rings. The molecule has 0 heterocycles. The zero-order valence-electron chi connectivity index (χ0n) is 5.02. The van der Waals surface area contributed by atoms with Crippen LogP contribution in [0.15, 0.2) is 0 Å². The largest absolute Gasteiger partial charge is 0.165 e. The number of alkyl halides is 1. The lowest BCUT2D eigenvalue weighted by molar-refractivity contribution is 1.13. The normalized spacial score (nSPS) is 9.75. The third-order valence-corrected chi connectivity index (χ3v) is 3.46. The Labute approximate surface area is 73.7 Å². The molecule has 0 radical (unpaired) electrons. The van der Waals surface area contributed by atoms with Gasteiger partial charge in [0.05, 0.1) is 0 Å². The predicted molar refractivity (Wildman–Crippen MR) is 54.3 cm³/mol. The van der Waals surface area contributed by atoms with E-state index in [0.29, 0.717) is 0 Å². The van der Waals surface area contributed by atoms with E-state index < -0.39 is 0 Å². The van der Waals surface area contributed by atoms with Crippen LogP contribution in [0, 0.1) is 0 Å². The number of rotatable bonds is 5. The van der Waals surface area contributed by atoms with E-state index in [1.165, 1.54) is 21.7 Å². The summed E-state index contributed by atoms with van der Waals surface area (Å²) < 4.78 is 1.24. The van der Waals surface area contributed by atoms with Gasteiger partial charge in [-0.25, -0.2) is 0 Å². The molecule has 0 aromatic carbocycles. The first-order valence-corrected chi connectivity index (χ1v) is 6.62. The second-order valence-electron chi connectivity index (χ2n) is 1.36. The minimum Gasteiger partial charge on any atom is -0.165 e. The Bertz CT molecular complexity index is 35.4. The Morgan fingerprint density at radius 2 is 2.12 bits per heavy atom. The highest BCUT2D eigenvalue weighted by Gasteiger charge is 1.84. The van der Waals surface area contributed by atoms with Crippen molar-refractivity contribution in [3.8, 4) is 0 Å². The van der Waals surface area contributed by atoms with E-state index >= 15 is 0 Å². The highest BCUT2D eigenvalue weighted by Crippen LogP contribution is 2.07. The average molecular weight is 262 g/mol. The van der Waals surface area contributed by atoms with Crippen LogP contribution in [-0.4, -0.2) is 21.5 Å². The molecular formula is C5H11IS2. The van der Waals surface area contributed by atoms with Crippen molar-refractivity contribution in [2.75, 3.05) is 21.5 Å². The van der Waals surface area contributed by atoms with Crippen LogP contribution in [0.2, 0.25) is 0 Å². The van der Waals surface area contributed by atoms with Gasteiger partial charge >= 0.3 is 0 Å². The summed E-state index contributed by atoms with van der Waals surface area (Å²) in [6.07, 6.45) is 3.53. The van der Waals surface area contributed by atoms with E-state index in [1.807, 2.05) is 23.5 Å². The molecule has 3 heteroatoms. The maximum atomic E-state index is 2.40. The molecule has 0 unspecified atom stereocenters.